The molecule has 9 nitrogen and oxygen atoms in total. The molecule has 0 unspecified atom stereocenters. The zero-order valence-electron chi connectivity index (χ0n) is 13.9. The molecule has 25 heavy (non-hydrogen) atoms. The fourth-order valence-corrected chi connectivity index (χ4v) is 4.14. The number of methoxy groups -OCH3 is 1. The van der Waals surface area contributed by atoms with E-state index in [2.05, 4.69) is 10.6 Å². The van der Waals surface area contributed by atoms with E-state index in [0.29, 0.717) is 18.8 Å². The molecule has 1 saturated heterocycles. The van der Waals surface area contributed by atoms with E-state index >= 15 is 0 Å². The molecular formula is C15H22N4O5S. The van der Waals surface area contributed by atoms with Crippen molar-refractivity contribution in [3.8, 4) is 5.75 Å². The summed E-state index contributed by atoms with van der Waals surface area (Å²) in [5.41, 5.74) is 5.50. The number of hydrogen-bond acceptors (Lipinski definition) is 6. The Morgan fingerprint density at radius 2 is 1.92 bits per heavy atom. The summed E-state index contributed by atoms with van der Waals surface area (Å²) in [5, 5.41) is 4.91. The number of hydrogen-bond donors (Lipinski definition) is 3. The molecule has 10 heteroatoms. The molecule has 1 aliphatic heterocycles. The molecule has 4 N–H and O–H groups in total. The zero-order valence-corrected chi connectivity index (χ0v) is 14.8. The summed E-state index contributed by atoms with van der Waals surface area (Å²) in [5.74, 6) is -0.755. The molecular weight excluding hydrogens is 348 g/mol. The normalized spacial score (nSPS) is 15.0. The molecule has 1 aromatic carbocycles. The van der Waals surface area contributed by atoms with Crippen LogP contribution in [0.2, 0.25) is 0 Å². The van der Waals surface area contributed by atoms with Gasteiger partial charge in [-0.3, -0.25) is 9.59 Å². The maximum atomic E-state index is 12.7. The van der Waals surface area contributed by atoms with Gasteiger partial charge in [-0.1, -0.05) is 0 Å². The molecule has 0 saturated carbocycles. The van der Waals surface area contributed by atoms with Gasteiger partial charge in [0.1, 0.15) is 10.6 Å². The summed E-state index contributed by atoms with van der Waals surface area (Å²) >= 11 is 0. The van der Waals surface area contributed by atoms with Gasteiger partial charge in [0, 0.05) is 24.8 Å². The standard InChI is InChI=1S/C15H22N4O5S/c1-24-12-8-11(18-15(21)10-17-14(20)9-16)4-5-13(12)25(22,23)19-6-2-3-7-19/h4-5,8H,2-3,6-7,9-10,16H2,1H3,(H,17,20)(H,18,21). The maximum absolute atomic E-state index is 12.7. The summed E-state index contributed by atoms with van der Waals surface area (Å²) in [7, 11) is -2.26. The first-order chi connectivity index (χ1) is 11.9. The van der Waals surface area contributed by atoms with Crippen molar-refractivity contribution < 1.29 is 22.7 Å². The van der Waals surface area contributed by atoms with Crippen molar-refractivity contribution in [3.63, 3.8) is 0 Å². The van der Waals surface area contributed by atoms with Crippen LogP contribution in [-0.2, 0) is 19.6 Å². The number of rotatable bonds is 7. The van der Waals surface area contributed by atoms with Gasteiger partial charge in [0.05, 0.1) is 20.2 Å². The highest BCUT2D eigenvalue weighted by molar-refractivity contribution is 7.89. The first kappa shape index (κ1) is 19.2. The molecule has 1 heterocycles. The predicted octanol–water partition coefficient (Wildman–Crippen LogP) is -0.507. The van der Waals surface area contributed by atoms with Gasteiger partial charge in [0.25, 0.3) is 0 Å². The number of amides is 2. The van der Waals surface area contributed by atoms with Crippen LogP contribution in [0.5, 0.6) is 5.75 Å². The fourth-order valence-electron chi connectivity index (χ4n) is 2.48. The van der Waals surface area contributed by atoms with Crippen molar-refractivity contribution >= 4 is 27.5 Å². The minimum absolute atomic E-state index is 0.0614. The maximum Gasteiger partial charge on any atom is 0.246 e. The lowest BCUT2D eigenvalue weighted by molar-refractivity contribution is -0.123. The van der Waals surface area contributed by atoms with E-state index in [-0.39, 0.29) is 23.7 Å². The second kappa shape index (κ2) is 8.28. The van der Waals surface area contributed by atoms with Crippen LogP contribution in [-0.4, -0.2) is 57.8 Å². The molecule has 0 aromatic heterocycles. The van der Waals surface area contributed by atoms with E-state index in [1.807, 2.05) is 0 Å². The first-order valence-electron chi connectivity index (χ1n) is 7.83. The largest absolute Gasteiger partial charge is 0.495 e. The second-order valence-electron chi connectivity index (χ2n) is 5.51. The van der Waals surface area contributed by atoms with Crippen LogP contribution in [0.25, 0.3) is 0 Å². The van der Waals surface area contributed by atoms with Crippen LogP contribution in [0.1, 0.15) is 12.8 Å². The molecule has 1 aromatic rings. The van der Waals surface area contributed by atoms with E-state index in [1.54, 1.807) is 0 Å². The quantitative estimate of drug-likeness (QED) is 0.593. The highest BCUT2D eigenvalue weighted by Crippen LogP contribution is 2.31. The Morgan fingerprint density at radius 3 is 2.52 bits per heavy atom. The Bertz CT molecular complexity index is 744. The van der Waals surface area contributed by atoms with Gasteiger partial charge in [-0.2, -0.15) is 4.31 Å². The molecule has 1 aliphatic rings. The van der Waals surface area contributed by atoms with Crippen molar-refractivity contribution in [3.05, 3.63) is 18.2 Å². The smallest absolute Gasteiger partial charge is 0.246 e. The van der Waals surface area contributed by atoms with Crippen LogP contribution in [0.3, 0.4) is 0 Å². The highest BCUT2D eigenvalue weighted by atomic mass is 32.2. The van der Waals surface area contributed by atoms with Crippen LogP contribution in [0.15, 0.2) is 23.1 Å². The van der Waals surface area contributed by atoms with Gasteiger partial charge in [0.15, 0.2) is 0 Å². The summed E-state index contributed by atoms with van der Waals surface area (Å²) in [6.07, 6.45) is 1.68. The number of anilines is 1. The number of nitrogens with zero attached hydrogens (tertiary/aromatic N) is 1. The molecule has 0 radical (unpaired) electrons. The lowest BCUT2D eigenvalue weighted by atomic mass is 10.3. The Hall–Kier alpha value is -2.17. The number of nitrogens with two attached hydrogens (primary N) is 1. The molecule has 2 rings (SSSR count). The van der Waals surface area contributed by atoms with Gasteiger partial charge in [0.2, 0.25) is 21.8 Å². The average molecular weight is 370 g/mol. The van der Waals surface area contributed by atoms with Crippen LogP contribution in [0, 0.1) is 0 Å². The SMILES string of the molecule is COc1cc(NC(=O)CNC(=O)CN)ccc1S(=O)(=O)N1CCCC1. The number of carbonyl (C=O) groups excluding carboxylic acids is 2. The summed E-state index contributed by atoms with van der Waals surface area (Å²) < 4.78 is 31.9. The van der Waals surface area contributed by atoms with E-state index in [1.165, 1.54) is 29.6 Å². The van der Waals surface area contributed by atoms with Crippen LogP contribution >= 0.6 is 0 Å². The Labute approximate surface area is 146 Å². The molecule has 138 valence electrons. The third-order valence-corrected chi connectivity index (χ3v) is 5.70. The van der Waals surface area contributed by atoms with Crippen LogP contribution < -0.4 is 21.1 Å². The van der Waals surface area contributed by atoms with Gasteiger partial charge in [-0.25, -0.2) is 8.42 Å². The monoisotopic (exact) mass is 370 g/mol. The minimum Gasteiger partial charge on any atom is -0.495 e. The topological polar surface area (TPSA) is 131 Å². The van der Waals surface area contributed by atoms with Crippen molar-refractivity contribution in [2.75, 3.05) is 38.6 Å². The third-order valence-electron chi connectivity index (χ3n) is 3.76. The van der Waals surface area contributed by atoms with Gasteiger partial charge >= 0.3 is 0 Å². The minimum atomic E-state index is -3.63. The van der Waals surface area contributed by atoms with Gasteiger partial charge < -0.3 is 21.1 Å². The summed E-state index contributed by atoms with van der Waals surface area (Å²) in [6, 6.07) is 4.32. The molecule has 0 aliphatic carbocycles. The van der Waals surface area contributed by atoms with E-state index < -0.39 is 21.8 Å². The lowest BCUT2D eigenvalue weighted by Gasteiger charge is -2.18. The van der Waals surface area contributed by atoms with Crippen molar-refractivity contribution in [1.82, 2.24) is 9.62 Å². The summed E-state index contributed by atoms with van der Waals surface area (Å²) in [4.78, 5) is 22.9. The van der Waals surface area contributed by atoms with E-state index in [4.69, 9.17) is 10.5 Å². The molecule has 2 amide bonds. The van der Waals surface area contributed by atoms with E-state index in [0.717, 1.165) is 12.8 Å². The molecule has 1 fully saturated rings. The van der Waals surface area contributed by atoms with Crippen LogP contribution in [0.4, 0.5) is 5.69 Å². The van der Waals surface area contributed by atoms with E-state index in [9.17, 15) is 18.0 Å². The second-order valence-corrected chi connectivity index (χ2v) is 7.41. The lowest BCUT2D eigenvalue weighted by Crippen LogP contribution is -2.36. The molecule has 0 atom stereocenters. The first-order valence-corrected chi connectivity index (χ1v) is 9.27. The number of ether oxygens (including phenoxy) is 1. The number of nitrogens with one attached hydrogen (secondary N) is 2. The van der Waals surface area contributed by atoms with Crippen molar-refractivity contribution in [2.24, 2.45) is 5.73 Å². The van der Waals surface area contributed by atoms with Crippen molar-refractivity contribution in [2.45, 2.75) is 17.7 Å². The van der Waals surface area contributed by atoms with Gasteiger partial charge in [-0.15, -0.1) is 0 Å². The summed E-state index contributed by atoms with van der Waals surface area (Å²) in [6.45, 7) is 0.548. The zero-order chi connectivity index (χ0) is 18.4. The van der Waals surface area contributed by atoms with Gasteiger partial charge in [-0.05, 0) is 25.0 Å². The molecule has 0 spiro atoms. The number of carbonyl (C=O) groups is 2. The molecule has 0 bridgehead atoms. The third kappa shape index (κ3) is 4.68. The Morgan fingerprint density at radius 1 is 1.24 bits per heavy atom. The average Bonchev–Trinajstić information content (AvgIpc) is 3.14. The Balaban J connectivity index is 2.13. The Kier molecular flexibility index (Phi) is 6.34. The number of sulfonamides is 1. The fraction of sp³-hybridized carbons (Fsp3) is 0.467. The predicted molar refractivity (Wildman–Crippen MR) is 91.7 cm³/mol. The van der Waals surface area contributed by atoms with Crippen molar-refractivity contribution in [1.29, 1.82) is 0 Å². The number of benzene rings is 1. The highest BCUT2D eigenvalue weighted by Gasteiger charge is 2.30.